The van der Waals surface area contributed by atoms with Gasteiger partial charge in [0.05, 0.1) is 5.56 Å². The number of hydrogen-bond acceptors (Lipinski definition) is 4. The molecule has 1 heterocycles. The molecule has 2 aromatic carbocycles. The molecule has 3 rings (SSSR count). The highest BCUT2D eigenvalue weighted by Crippen LogP contribution is 2.39. The molecule has 26 heavy (non-hydrogen) atoms. The van der Waals surface area contributed by atoms with Crippen LogP contribution in [0.15, 0.2) is 36.1 Å². The minimum Gasteiger partial charge on any atom is -0.452 e. The number of esters is 1. The van der Waals surface area contributed by atoms with E-state index in [9.17, 15) is 9.59 Å². The number of allylic oxidation sites excluding steroid dienone is 1. The second kappa shape index (κ2) is 7.31. The van der Waals surface area contributed by atoms with Gasteiger partial charge < -0.3 is 9.47 Å². The van der Waals surface area contributed by atoms with E-state index in [2.05, 4.69) is 0 Å². The smallest absolute Gasteiger partial charge is 0.329 e. The van der Waals surface area contributed by atoms with Gasteiger partial charge in [-0.25, -0.2) is 0 Å². The van der Waals surface area contributed by atoms with Crippen LogP contribution in [0.25, 0.3) is 6.08 Å². The largest absolute Gasteiger partial charge is 0.452 e. The molecule has 2 aromatic rings. The van der Waals surface area contributed by atoms with Crippen molar-refractivity contribution in [1.82, 2.24) is 0 Å². The third-order valence-corrected chi connectivity index (χ3v) is 4.56. The first-order valence-electron chi connectivity index (χ1n) is 7.66. The zero-order valence-electron chi connectivity index (χ0n) is 13.8. The highest BCUT2D eigenvalue weighted by molar-refractivity contribution is 6.35. The lowest BCUT2D eigenvalue weighted by molar-refractivity contribution is -0.133. The van der Waals surface area contributed by atoms with E-state index in [1.165, 1.54) is 6.92 Å². The summed E-state index contributed by atoms with van der Waals surface area (Å²) in [5, 5.41) is 0.113. The number of alkyl halides is 1. The fraction of sp³-hybridized carbons (Fsp3) is 0.158. The van der Waals surface area contributed by atoms with Crippen LogP contribution in [-0.4, -0.2) is 17.1 Å². The Balaban J connectivity index is 1.95. The van der Waals surface area contributed by atoms with Crippen molar-refractivity contribution in [3.05, 3.63) is 62.8 Å². The lowest BCUT2D eigenvalue weighted by Crippen LogP contribution is -2.18. The number of ether oxygens (including phenoxy) is 2. The van der Waals surface area contributed by atoms with E-state index in [0.717, 1.165) is 0 Å². The fourth-order valence-corrected chi connectivity index (χ4v) is 2.94. The molecule has 0 amide bonds. The van der Waals surface area contributed by atoms with Gasteiger partial charge in [-0.15, -0.1) is 11.6 Å². The van der Waals surface area contributed by atoms with Crippen LogP contribution in [0, 0.1) is 6.92 Å². The Kier molecular flexibility index (Phi) is 5.28. The van der Waals surface area contributed by atoms with Crippen molar-refractivity contribution in [2.75, 3.05) is 0 Å². The Labute approximate surface area is 165 Å². The molecule has 0 radical (unpaired) electrons. The van der Waals surface area contributed by atoms with E-state index >= 15 is 0 Å². The van der Waals surface area contributed by atoms with Crippen LogP contribution in [0.3, 0.4) is 0 Å². The van der Waals surface area contributed by atoms with Crippen molar-refractivity contribution in [2.24, 2.45) is 0 Å². The van der Waals surface area contributed by atoms with Crippen LogP contribution in [0.4, 0.5) is 0 Å². The maximum atomic E-state index is 12.6. The van der Waals surface area contributed by atoms with Gasteiger partial charge in [0.1, 0.15) is 16.9 Å². The van der Waals surface area contributed by atoms with Crippen LogP contribution in [0.2, 0.25) is 10.0 Å². The van der Waals surface area contributed by atoms with Gasteiger partial charge in [-0.1, -0.05) is 29.3 Å². The molecule has 0 spiro atoms. The normalized spacial score (nSPS) is 15.6. The number of fused-ring (bicyclic) bond motifs is 1. The summed E-state index contributed by atoms with van der Waals surface area (Å²) in [6.45, 7) is 3.22. The molecule has 0 fully saturated rings. The number of carbonyl (C=O) groups excluding carboxylic acids is 2. The van der Waals surface area contributed by atoms with Gasteiger partial charge >= 0.3 is 5.97 Å². The number of halogens is 3. The van der Waals surface area contributed by atoms with Gasteiger partial charge in [0.25, 0.3) is 0 Å². The highest BCUT2D eigenvalue weighted by Gasteiger charge is 2.31. The molecule has 4 nitrogen and oxygen atoms in total. The lowest BCUT2D eigenvalue weighted by atomic mass is 10.1. The Morgan fingerprint density at radius 2 is 1.96 bits per heavy atom. The zero-order chi connectivity index (χ0) is 19.0. The molecule has 0 aliphatic carbocycles. The summed E-state index contributed by atoms with van der Waals surface area (Å²) < 4.78 is 11.0. The molecular weight excluding hydrogens is 399 g/mol. The van der Waals surface area contributed by atoms with E-state index in [-0.39, 0.29) is 11.5 Å². The number of carbonyl (C=O) groups is 2. The minimum atomic E-state index is -0.785. The summed E-state index contributed by atoms with van der Waals surface area (Å²) in [6.07, 6.45) is 1.55. The third kappa shape index (κ3) is 3.58. The molecule has 134 valence electrons. The van der Waals surface area contributed by atoms with E-state index in [1.54, 1.807) is 43.3 Å². The van der Waals surface area contributed by atoms with Gasteiger partial charge in [0.2, 0.25) is 5.78 Å². The number of rotatable bonds is 3. The predicted octanol–water partition coefficient (Wildman–Crippen LogP) is 5.45. The number of hydrogen-bond donors (Lipinski definition) is 0. The molecule has 7 heteroatoms. The van der Waals surface area contributed by atoms with Crippen LogP contribution < -0.4 is 9.47 Å². The minimum absolute atomic E-state index is 0.126. The van der Waals surface area contributed by atoms with Crippen molar-refractivity contribution >= 4 is 52.6 Å². The summed E-state index contributed by atoms with van der Waals surface area (Å²) in [5.41, 5.74) is 1.53. The van der Waals surface area contributed by atoms with Crippen LogP contribution in [-0.2, 0) is 4.79 Å². The molecular formula is C19H13Cl3O4. The molecule has 1 aliphatic heterocycles. The molecule has 1 unspecified atom stereocenters. The van der Waals surface area contributed by atoms with Crippen LogP contribution in [0.1, 0.15) is 28.4 Å². The molecule has 1 aliphatic rings. The molecule has 0 N–H and O–H groups in total. The topological polar surface area (TPSA) is 52.6 Å². The van der Waals surface area contributed by atoms with E-state index in [4.69, 9.17) is 44.3 Å². The summed E-state index contributed by atoms with van der Waals surface area (Å²) >= 11 is 17.7. The summed E-state index contributed by atoms with van der Waals surface area (Å²) in [5.74, 6) is -0.0966. The van der Waals surface area contributed by atoms with E-state index < -0.39 is 11.3 Å². The number of benzene rings is 2. The third-order valence-electron chi connectivity index (χ3n) is 3.82. The van der Waals surface area contributed by atoms with Crippen molar-refractivity contribution in [2.45, 2.75) is 19.2 Å². The quantitative estimate of drug-likeness (QED) is 0.292. The molecule has 0 aromatic heterocycles. The molecule has 0 saturated heterocycles. The standard InChI is InChI=1S/C19H13Cl3O4/c1-9-15(26-19(24)10(2)20)6-5-13-17(23)16(25-18(9)13)7-11-3-4-12(21)8-14(11)22/h3-8,10H,1-2H3/b16-7-. The van der Waals surface area contributed by atoms with Gasteiger partial charge in [-0.2, -0.15) is 0 Å². The van der Waals surface area contributed by atoms with Crippen LogP contribution >= 0.6 is 34.8 Å². The predicted molar refractivity (Wildman–Crippen MR) is 102 cm³/mol. The van der Waals surface area contributed by atoms with Crippen molar-refractivity contribution < 1.29 is 19.1 Å². The van der Waals surface area contributed by atoms with Gasteiger partial charge in [-0.3, -0.25) is 9.59 Å². The summed E-state index contributed by atoms with van der Waals surface area (Å²) in [4.78, 5) is 24.3. The number of Topliss-reactive ketones (excluding diaryl/α,β-unsaturated/α-hetero) is 1. The maximum absolute atomic E-state index is 12.6. The molecule has 0 bridgehead atoms. The van der Waals surface area contributed by atoms with Gasteiger partial charge in [-0.05, 0) is 49.8 Å². The average Bonchev–Trinajstić information content (AvgIpc) is 2.89. The van der Waals surface area contributed by atoms with E-state index in [1.807, 2.05) is 0 Å². The monoisotopic (exact) mass is 410 g/mol. The second-order valence-corrected chi connectivity index (χ2v) is 7.21. The summed E-state index contributed by atoms with van der Waals surface area (Å²) in [6, 6.07) is 8.04. The zero-order valence-corrected chi connectivity index (χ0v) is 16.1. The Morgan fingerprint density at radius 3 is 2.62 bits per heavy atom. The summed E-state index contributed by atoms with van der Waals surface area (Å²) in [7, 11) is 0. The highest BCUT2D eigenvalue weighted by atomic mass is 35.5. The van der Waals surface area contributed by atoms with Gasteiger partial charge in [0, 0.05) is 15.6 Å². The Bertz CT molecular complexity index is 948. The van der Waals surface area contributed by atoms with Crippen molar-refractivity contribution in [3.63, 3.8) is 0 Å². The maximum Gasteiger partial charge on any atom is 0.329 e. The first-order chi connectivity index (χ1) is 12.3. The molecule has 0 saturated carbocycles. The van der Waals surface area contributed by atoms with Crippen LogP contribution in [0.5, 0.6) is 11.5 Å². The Morgan fingerprint density at radius 1 is 1.23 bits per heavy atom. The first-order valence-corrected chi connectivity index (χ1v) is 8.86. The van der Waals surface area contributed by atoms with E-state index in [0.29, 0.717) is 38.2 Å². The average molecular weight is 412 g/mol. The van der Waals surface area contributed by atoms with Gasteiger partial charge in [0.15, 0.2) is 5.76 Å². The second-order valence-electron chi connectivity index (χ2n) is 5.71. The SMILES string of the molecule is Cc1c(OC(=O)C(C)Cl)ccc2c1O/C(=C\c1ccc(Cl)cc1Cl)C2=O. The molecule has 1 atom stereocenters. The van der Waals surface area contributed by atoms with Crippen molar-refractivity contribution in [3.8, 4) is 11.5 Å². The number of ketones is 1. The van der Waals surface area contributed by atoms with Crippen molar-refractivity contribution in [1.29, 1.82) is 0 Å². The Hall–Kier alpha value is -2.01. The fourth-order valence-electron chi connectivity index (χ4n) is 2.43. The lowest BCUT2D eigenvalue weighted by Gasteiger charge is -2.10. The first kappa shape index (κ1) is 18.8.